The van der Waals surface area contributed by atoms with E-state index >= 15 is 0 Å². The first-order valence-corrected chi connectivity index (χ1v) is 27.3. The molecule has 0 unspecified atom stereocenters. The Labute approximate surface area is 476 Å². The summed E-state index contributed by atoms with van der Waals surface area (Å²) in [5.41, 5.74) is -1.39. The molecule has 4 heterocycles. The van der Waals surface area contributed by atoms with Gasteiger partial charge >= 0.3 is 65.1 Å². The summed E-state index contributed by atoms with van der Waals surface area (Å²) in [5, 5.41) is 65.8. The number of aliphatic hydroxyl groups excluding tert-OH is 6. The molecule has 1 spiro atoms. The summed E-state index contributed by atoms with van der Waals surface area (Å²) in [4.78, 5) is 28.6. The fourth-order valence-corrected chi connectivity index (χ4v) is 15.2. The summed E-state index contributed by atoms with van der Waals surface area (Å²) in [7, 11) is -10.7. The first-order valence-electron chi connectivity index (χ1n) is 24.6. The van der Waals surface area contributed by atoms with E-state index in [4.69, 9.17) is 33.2 Å². The number of carbonyl (C=O) groups excluding carboxylic acids is 2. The Balaban J connectivity index is 0.00000446. The fourth-order valence-electron chi connectivity index (χ4n) is 14.5. The molecule has 4 aliphatic heterocycles. The topological polar surface area (TPSA) is 353 Å². The Morgan fingerprint density at radius 3 is 2.08 bits per heavy atom. The number of ketones is 1. The standard InChI is InChI=1S/C47H72O23S2.2Na/c1-21(2)10-9-15-46(8)38-25(48)18-45(7)24-11-12-28-43(4,5)29(14-16-44(28,6)23(24)13-17-47(38,45)42(55)69-46)66-41-37(31(50)27(19-62-41)70-72(59,60)61)68-39-35(54)33(52)36(22(3)64-39)67-40-34(53)32(51)30(49)26(65-40)20-63-71(56,57)58;;/h13,22,24,26-41,49-54H,1,9-12,14-20H2,2-8H3,(H,56,57,58)(H,59,60,61);;/q;2*+1/p-2/t22-,24-,26-,27-,28+,29+,30-,31+,32+,33-,34-,35-,36+,37-,38-,39-,40+,41+,44-,45+,46+,47-;;/m1../s1. The van der Waals surface area contributed by atoms with Crippen LogP contribution in [0, 0.1) is 39.4 Å². The number of aliphatic hydroxyl groups is 6. The molecule has 0 radical (unpaired) electrons. The van der Waals surface area contributed by atoms with Gasteiger partial charge in [0.2, 0.25) is 20.8 Å². The first-order chi connectivity index (χ1) is 33.3. The fraction of sp³-hybridized carbons (Fsp3) is 0.872. The molecule has 4 aliphatic carbocycles. The van der Waals surface area contributed by atoms with E-state index < -0.39 is 159 Å². The predicted octanol–water partition coefficient (Wildman–Crippen LogP) is -5.71. The maximum Gasteiger partial charge on any atom is 1.00 e. The Hall–Kier alpha value is -0.120. The van der Waals surface area contributed by atoms with E-state index in [1.54, 1.807) is 0 Å². The average molecular weight is 1110 g/mol. The van der Waals surface area contributed by atoms with Gasteiger partial charge in [-0.3, -0.25) is 18.0 Å². The van der Waals surface area contributed by atoms with Crippen molar-refractivity contribution in [2.24, 2.45) is 39.4 Å². The van der Waals surface area contributed by atoms with E-state index in [0.29, 0.717) is 38.5 Å². The summed E-state index contributed by atoms with van der Waals surface area (Å²) in [5.74, 6) is -0.899. The van der Waals surface area contributed by atoms with Crippen molar-refractivity contribution in [1.82, 2.24) is 0 Å². The molecule has 0 bridgehead atoms. The summed E-state index contributed by atoms with van der Waals surface area (Å²) in [6, 6.07) is 0. The monoisotopic (exact) mass is 1110 g/mol. The second-order valence-corrected chi connectivity index (χ2v) is 24.8. The van der Waals surface area contributed by atoms with Crippen molar-refractivity contribution in [2.75, 3.05) is 13.2 Å². The number of hydrogen-bond acceptors (Lipinski definition) is 23. The van der Waals surface area contributed by atoms with Gasteiger partial charge in [0.25, 0.3) is 0 Å². The number of carbonyl (C=O) groups is 2. The summed E-state index contributed by atoms with van der Waals surface area (Å²) in [6.45, 7) is 15.9. The molecule has 4 saturated heterocycles. The van der Waals surface area contributed by atoms with Gasteiger partial charge in [-0.15, -0.1) is 6.58 Å². The molecule has 0 aromatic rings. The molecule has 0 aromatic heterocycles. The molecule has 23 nitrogen and oxygen atoms in total. The van der Waals surface area contributed by atoms with Gasteiger partial charge < -0.3 is 72.9 Å². The number of ether oxygens (including phenoxy) is 7. The third-order valence-corrected chi connectivity index (χ3v) is 18.8. The first kappa shape index (κ1) is 63.1. The van der Waals surface area contributed by atoms with Crippen molar-refractivity contribution in [1.29, 1.82) is 0 Å². The summed E-state index contributed by atoms with van der Waals surface area (Å²) < 4.78 is 119. The molecule has 0 aromatic carbocycles. The molecule has 22 atom stereocenters. The largest absolute Gasteiger partial charge is 1.00 e. The number of allylic oxidation sites excluding steroid dienone is 3. The van der Waals surface area contributed by atoms with Gasteiger partial charge in [-0.25, -0.2) is 16.8 Å². The molecular weight excluding hydrogens is 1040 g/mol. The molecule has 3 saturated carbocycles. The Morgan fingerprint density at radius 1 is 0.811 bits per heavy atom. The van der Waals surface area contributed by atoms with Crippen LogP contribution in [0.15, 0.2) is 23.8 Å². The van der Waals surface area contributed by atoms with Crippen molar-refractivity contribution >= 4 is 32.6 Å². The molecule has 0 amide bonds. The Bertz CT molecular complexity index is 2360. The van der Waals surface area contributed by atoms with Crippen molar-refractivity contribution in [2.45, 2.75) is 204 Å². The van der Waals surface area contributed by atoms with E-state index in [0.717, 1.165) is 18.4 Å². The summed E-state index contributed by atoms with van der Waals surface area (Å²) >= 11 is 0. The maximum atomic E-state index is 14.3. The van der Waals surface area contributed by atoms with E-state index in [-0.39, 0.29) is 89.1 Å². The van der Waals surface area contributed by atoms with Gasteiger partial charge in [0.1, 0.15) is 72.4 Å². The van der Waals surface area contributed by atoms with E-state index in [1.165, 1.54) is 12.5 Å². The maximum absolute atomic E-state index is 14.3. The number of fused-ring (bicyclic) bond motifs is 4. The third kappa shape index (κ3) is 11.3. The number of rotatable bonds is 15. The van der Waals surface area contributed by atoms with Crippen LogP contribution in [0.4, 0.5) is 0 Å². The molecule has 6 N–H and O–H groups in total. The van der Waals surface area contributed by atoms with E-state index in [2.05, 4.69) is 48.7 Å². The van der Waals surface area contributed by atoms with Crippen LogP contribution in [-0.2, 0) is 71.9 Å². The second kappa shape index (κ2) is 22.7. The van der Waals surface area contributed by atoms with Gasteiger partial charge in [0.15, 0.2) is 18.9 Å². The van der Waals surface area contributed by atoms with Crippen LogP contribution in [0.1, 0.15) is 106 Å². The molecule has 7 fully saturated rings. The molecular formula is C47H70Na2O23S2. The van der Waals surface area contributed by atoms with Crippen LogP contribution >= 0.6 is 0 Å². The SMILES string of the molecule is C=C(C)CCC[C@]1(C)OC(=O)[C@]23CC=C4[C@@H](CC[C@H]5C(C)(C)[C@@H](O[C@@H]6OC[C@@H](OS(=O)(=O)[O-])[C@H](O)[C@H]6O[C@H]6O[C@H](C)[C@H](O[C@@H]7O[C@H](COS(=O)(=O)[O-])[C@@H](O)[C@H](O)[C@H]7O)[C@H](O)[C@H]6O)CC[C@]45C)[C@]2(C)CC(=O)[C@@H]31.[Na+].[Na+]. The minimum atomic E-state index is -5.41. The van der Waals surface area contributed by atoms with Crippen molar-refractivity contribution in [3.63, 3.8) is 0 Å². The van der Waals surface area contributed by atoms with Crippen LogP contribution in [-0.4, -0.2) is 179 Å². The molecule has 8 aliphatic rings. The normalized spacial score (nSPS) is 46.9. The predicted molar refractivity (Wildman–Crippen MR) is 240 cm³/mol. The minimum absolute atomic E-state index is 0. The van der Waals surface area contributed by atoms with E-state index in [9.17, 15) is 66.2 Å². The number of Topliss-reactive ketones (excluding diaryl/α,β-unsaturated/α-hetero) is 1. The van der Waals surface area contributed by atoms with Crippen molar-refractivity contribution in [3.05, 3.63) is 23.8 Å². The average Bonchev–Trinajstić information content (AvgIpc) is 3.66. The third-order valence-electron chi connectivity index (χ3n) is 17.9. The zero-order valence-electron chi connectivity index (χ0n) is 43.4. The molecule has 8 rings (SSSR count). The van der Waals surface area contributed by atoms with Crippen LogP contribution in [0.25, 0.3) is 0 Å². The van der Waals surface area contributed by atoms with Gasteiger partial charge in [0.05, 0.1) is 36.8 Å². The summed E-state index contributed by atoms with van der Waals surface area (Å²) in [6.07, 6.45) is -18.7. The van der Waals surface area contributed by atoms with Gasteiger partial charge in [-0.05, 0) is 100 Å². The van der Waals surface area contributed by atoms with Crippen LogP contribution < -0.4 is 59.1 Å². The Morgan fingerprint density at radius 2 is 1.45 bits per heavy atom. The molecule has 74 heavy (non-hydrogen) atoms. The number of esters is 1. The van der Waals surface area contributed by atoms with Gasteiger partial charge in [-0.2, -0.15) is 0 Å². The van der Waals surface area contributed by atoms with Crippen molar-refractivity contribution in [3.8, 4) is 0 Å². The van der Waals surface area contributed by atoms with Gasteiger partial charge in [0, 0.05) is 6.42 Å². The van der Waals surface area contributed by atoms with Gasteiger partial charge in [-0.1, -0.05) is 44.9 Å². The molecule has 27 heteroatoms. The van der Waals surface area contributed by atoms with Crippen LogP contribution in [0.3, 0.4) is 0 Å². The number of hydrogen-bond donors (Lipinski definition) is 6. The zero-order chi connectivity index (χ0) is 53.1. The quantitative estimate of drug-likeness (QED) is 0.0222. The van der Waals surface area contributed by atoms with Crippen LogP contribution in [0.5, 0.6) is 0 Å². The second-order valence-electron chi connectivity index (χ2n) is 22.8. The smallest absolute Gasteiger partial charge is 0.726 e. The number of cyclic esters (lactones) is 1. The minimum Gasteiger partial charge on any atom is -0.726 e. The zero-order valence-corrected chi connectivity index (χ0v) is 49.0. The van der Waals surface area contributed by atoms with Crippen molar-refractivity contribution < 1.29 is 167 Å². The van der Waals surface area contributed by atoms with E-state index in [1.807, 2.05) is 13.8 Å². The van der Waals surface area contributed by atoms with Crippen LogP contribution in [0.2, 0.25) is 0 Å². The Kier molecular flexibility index (Phi) is 19.3. The molecule has 410 valence electrons.